The fraction of sp³-hybridized carbons (Fsp3) is 0.273. The Kier molecular flexibility index (Phi) is 4.56. The van der Waals surface area contributed by atoms with Crippen LogP contribution in [0.4, 0.5) is 5.69 Å². The van der Waals surface area contributed by atoms with Crippen molar-refractivity contribution in [1.82, 2.24) is 4.72 Å². The molecule has 0 saturated carbocycles. The fourth-order valence-electron chi connectivity index (χ4n) is 1.13. The van der Waals surface area contributed by atoms with Crippen molar-refractivity contribution in [3.63, 3.8) is 0 Å². The van der Waals surface area contributed by atoms with Gasteiger partial charge in [0.25, 0.3) is 0 Å². The van der Waals surface area contributed by atoms with Crippen LogP contribution in [0, 0.1) is 0 Å². The molecule has 0 bridgehead atoms. The first-order chi connectivity index (χ1) is 7.83. The Bertz CT molecular complexity index is 534. The first kappa shape index (κ1) is 14.0. The quantitative estimate of drug-likeness (QED) is 0.653. The summed E-state index contributed by atoms with van der Waals surface area (Å²) in [4.78, 5) is 0.113. The average Bonchev–Trinajstić information content (AvgIpc) is 2.21. The number of rotatable bonds is 4. The van der Waals surface area contributed by atoms with Gasteiger partial charge in [-0.1, -0.05) is 23.3 Å². The van der Waals surface area contributed by atoms with Gasteiger partial charge in [0.2, 0.25) is 10.0 Å². The van der Waals surface area contributed by atoms with E-state index in [-0.39, 0.29) is 17.1 Å². The number of hydrogen-bond donors (Lipinski definition) is 2. The van der Waals surface area contributed by atoms with Gasteiger partial charge in [0, 0.05) is 6.54 Å². The highest BCUT2D eigenvalue weighted by atomic mass is 35.5. The van der Waals surface area contributed by atoms with Crippen molar-refractivity contribution < 1.29 is 8.42 Å². The summed E-state index contributed by atoms with van der Waals surface area (Å²) in [6, 6.07) is 4.23. The molecule has 0 heterocycles. The minimum Gasteiger partial charge on any atom is -0.397 e. The van der Waals surface area contributed by atoms with Gasteiger partial charge in [-0.3, -0.25) is 0 Å². The third kappa shape index (κ3) is 4.03. The minimum atomic E-state index is -3.53. The van der Waals surface area contributed by atoms with E-state index in [4.69, 9.17) is 17.3 Å². The van der Waals surface area contributed by atoms with Crippen molar-refractivity contribution in [2.75, 3.05) is 12.3 Å². The van der Waals surface area contributed by atoms with Crippen LogP contribution in [0.25, 0.3) is 0 Å². The van der Waals surface area contributed by atoms with Crippen molar-refractivity contribution in [1.29, 1.82) is 0 Å². The first-order valence-electron chi connectivity index (χ1n) is 5.01. The number of sulfonamides is 1. The molecule has 17 heavy (non-hydrogen) atoms. The smallest absolute Gasteiger partial charge is 0.240 e. The Morgan fingerprint density at radius 3 is 2.65 bits per heavy atom. The second-order valence-corrected chi connectivity index (χ2v) is 5.99. The van der Waals surface area contributed by atoms with Gasteiger partial charge >= 0.3 is 0 Å². The van der Waals surface area contributed by atoms with Crippen LogP contribution < -0.4 is 10.5 Å². The second-order valence-electron chi connectivity index (χ2n) is 3.82. The van der Waals surface area contributed by atoms with Crippen LogP contribution in [-0.2, 0) is 10.0 Å². The lowest BCUT2D eigenvalue weighted by atomic mass is 10.3. The molecule has 0 aromatic heterocycles. The van der Waals surface area contributed by atoms with Crippen molar-refractivity contribution >= 4 is 27.3 Å². The molecule has 1 aromatic rings. The van der Waals surface area contributed by atoms with Gasteiger partial charge in [-0.25, -0.2) is 13.1 Å². The summed E-state index contributed by atoms with van der Waals surface area (Å²) >= 11 is 5.73. The van der Waals surface area contributed by atoms with E-state index in [2.05, 4.69) is 4.72 Å². The van der Waals surface area contributed by atoms with Gasteiger partial charge in [0.05, 0.1) is 15.6 Å². The van der Waals surface area contributed by atoms with E-state index in [1.165, 1.54) is 18.2 Å². The topological polar surface area (TPSA) is 72.2 Å². The summed E-state index contributed by atoms with van der Waals surface area (Å²) in [5, 5.41) is 0.341. The van der Waals surface area contributed by atoms with Gasteiger partial charge in [0.15, 0.2) is 0 Å². The van der Waals surface area contributed by atoms with Gasteiger partial charge in [0.1, 0.15) is 0 Å². The first-order valence-corrected chi connectivity index (χ1v) is 6.87. The molecule has 4 nitrogen and oxygen atoms in total. The molecule has 1 rings (SSSR count). The zero-order valence-corrected chi connectivity index (χ0v) is 11.3. The number of hydrogen-bond acceptors (Lipinski definition) is 3. The molecule has 0 amide bonds. The average molecular weight is 275 g/mol. The molecule has 0 spiro atoms. The largest absolute Gasteiger partial charge is 0.397 e. The molecule has 0 radical (unpaired) electrons. The summed E-state index contributed by atoms with van der Waals surface area (Å²) in [5.74, 6) is 0. The Morgan fingerprint density at radius 1 is 1.47 bits per heavy atom. The summed E-state index contributed by atoms with van der Waals surface area (Å²) in [5.41, 5.74) is 6.85. The molecule has 1 aromatic carbocycles. The highest BCUT2D eigenvalue weighted by Gasteiger charge is 2.13. The Labute approximate surface area is 107 Å². The van der Waals surface area contributed by atoms with E-state index in [9.17, 15) is 8.42 Å². The Balaban J connectivity index is 2.90. The number of anilines is 1. The summed E-state index contributed by atoms with van der Waals surface area (Å²) in [6.07, 6.45) is 1.79. The highest BCUT2D eigenvalue weighted by molar-refractivity contribution is 7.89. The molecule has 0 saturated heterocycles. The lowest BCUT2D eigenvalue weighted by Crippen LogP contribution is -2.24. The highest BCUT2D eigenvalue weighted by Crippen LogP contribution is 2.21. The zero-order chi connectivity index (χ0) is 13.1. The third-order valence-corrected chi connectivity index (χ3v) is 3.83. The zero-order valence-electron chi connectivity index (χ0n) is 9.70. The van der Waals surface area contributed by atoms with E-state index in [0.717, 1.165) is 5.57 Å². The van der Waals surface area contributed by atoms with Gasteiger partial charge in [-0.05, 0) is 32.0 Å². The maximum Gasteiger partial charge on any atom is 0.240 e. The number of halogens is 1. The number of nitrogen functional groups attached to an aromatic ring is 1. The molecule has 6 heteroatoms. The molecule has 0 atom stereocenters. The number of allylic oxidation sites excluding steroid dienone is 1. The Morgan fingerprint density at radius 2 is 2.12 bits per heavy atom. The lowest BCUT2D eigenvalue weighted by molar-refractivity contribution is 0.585. The van der Waals surface area contributed by atoms with Crippen molar-refractivity contribution in [2.45, 2.75) is 18.7 Å². The predicted octanol–water partition coefficient (Wildman–Crippen LogP) is 2.17. The summed E-state index contributed by atoms with van der Waals surface area (Å²) in [6.45, 7) is 4.05. The van der Waals surface area contributed by atoms with E-state index in [1.54, 1.807) is 6.08 Å². The molecule has 3 N–H and O–H groups in total. The molecule has 94 valence electrons. The number of nitrogens with one attached hydrogen (secondary N) is 1. The van der Waals surface area contributed by atoms with Crippen LogP contribution in [-0.4, -0.2) is 15.0 Å². The molecular formula is C11H15ClN2O2S. The van der Waals surface area contributed by atoms with Crippen molar-refractivity contribution in [3.8, 4) is 0 Å². The monoisotopic (exact) mass is 274 g/mol. The van der Waals surface area contributed by atoms with E-state index in [0.29, 0.717) is 5.02 Å². The molecular weight excluding hydrogens is 260 g/mol. The van der Waals surface area contributed by atoms with Crippen LogP contribution in [0.5, 0.6) is 0 Å². The molecule has 0 unspecified atom stereocenters. The maximum absolute atomic E-state index is 11.8. The second kappa shape index (κ2) is 5.53. The normalized spacial score (nSPS) is 11.2. The molecule has 0 fully saturated rings. The number of benzene rings is 1. The predicted molar refractivity (Wildman–Crippen MR) is 70.5 cm³/mol. The maximum atomic E-state index is 11.8. The molecule has 0 aliphatic heterocycles. The van der Waals surface area contributed by atoms with E-state index in [1.807, 2.05) is 13.8 Å². The van der Waals surface area contributed by atoms with Crippen LogP contribution in [0.2, 0.25) is 5.02 Å². The van der Waals surface area contributed by atoms with E-state index < -0.39 is 10.0 Å². The van der Waals surface area contributed by atoms with Crippen LogP contribution >= 0.6 is 11.6 Å². The third-order valence-electron chi connectivity index (χ3n) is 2.06. The summed E-state index contributed by atoms with van der Waals surface area (Å²) in [7, 11) is -3.53. The van der Waals surface area contributed by atoms with Crippen LogP contribution in [0.1, 0.15) is 13.8 Å². The molecule has 0 aliphatic carbocycles. The fourth-order valence-corrected chi connectivity index (χ4v) is 2.24. The SMILES string of the molecule is CC(C)=CCNS(=O)(=O)c1ccc(Cl)c(N)c1. The molecule has 0 aliphatic rings. The van der Waals surface area contributed by atoms with Gasteiger partial charge < -0.3 is 5.73 Å². The minimum absolute atomic E-state index is 0.113. The van der Waals surface area contributed by atoms with Crippen LogP contribution in [0.15, 0.2) is 34.7 Å². The Hall–Kier alpha value is -1.04. The lowest BCUT2D eigenvalue weighted by Gasteiger charge is -2.06. The standard InChI is InChI=1S/C11H15ClN2O2S/c1-8(2)5-6-14-17(15,16)9-3-4-10(12)11(13)7-9/h3-5,7,14H,6,13H2,1-2H3. The van der Waals surface area contributed by atoms with Gasteiger partial charge in [-0.2, -0.15) is 0 Å². The number of nitrogens with two attached hydrogens (primary N) is 1. The van der Waals surface area contributed by atoms with Crippen molar-refractivity contribution in [2.24, 2.45) is 0 Å². The van der Waals surface area contributed by atoms with Crippen molar-refractivity contribution in [3.05, 3.63) is 34.9 Å². The van der Waals surface area contributed by atoms with Crippen LogP contribution in [0.3, 0.4) is 0 Å². The van der Waals surface area contributed by atoms with Gasteiger partial charge in [-0.15, -0.1) is 0 Å². The summed E-state index contributed by atoms with van der Waals surface area (Å²) < 4.78 is 26.1. The van der Waals surface area contributed by atoms with E-state index >= 15 is 0 Å².